The van der Waals surface area contributed by atoms with Gasteiger partial charge in [0.05, 0.1) is 0 Å². The van der Waals surface area contributed by atoms with Gasteiger partial charge in [-0.1, -0.05) is 41.5 Å². The van der Waals surface area contributed by atoms with Gasteiger partial charge in [-0.15, -0.1) is 0 Å². The van der Waals surface area contributed by atoms with E-state index in [1.807, 2.05) is 0 Å². The van der Waals surface area contributed by atoms with E-state index in [1.165, 1.54) is 49.2 Å². The Kier molecular flexibility index (Phi) is 13.6. The largest absolute Gasteiger partial charge is 0.294 e. The van der Waals surface area contributed by atoms with Crippen molar-refractivity contribution in [3.8, 4) is 0 Å². The molecule has 2 rings (SSSR count). The van der Waals surface area contributed by atoms with E-state index < -0.39 is 0 Å². The molecule has 25 heavy (non-hydrogen) atoms. The van der Waals surface area contributed by atoms with Crippen molar-refractivity contribution in [2.45, 2.75) is 87.5 Å². The quantitative estimate of drug-likeness (QED) is 0.537. The van der Waals surface area contributed by atoms with E-state index in [2.05, 4.69) is 70.4 Å². The predicted molar refractivity (Wildman–Crippen MR) is 116 cm³/mol. The van der Waals surface area contributed by atoms with Crippen molar-refractivity contribution in [3.63, 3.8) is 0 Å². The number of hydrogen-bond acceptors (Lipinski definition) is 3. The van der Waals surface area contributed by atoms with Crippen molar-refractivity contribution in [1.29, 1.82) is 0 Å². The second-order valence-electron chi connectivity index (χ2n) is 7.89. The van der Waals surface area contributed by atoms with E-state index in [-0.39, 0.29) is 0 Å². The van der Waals surface area contributed by atoms with Crippen LogP contribution in [0.4, 0.5) is 0 Å². The molecule has 3 heteroatoms. The molecule has 2 aliphatic rings. The van der Waals surface area contributed by atoms with Crippen LogP contribution in [0.5, 0.6) is 0 Å². The van der Waals surface area contributed by atoms with Crippen LogP contribution in [0, 0.1) is 17.8 Å². The highest BCUT2D eigenvalue weighted by Crippen LogP contribution is 2.12. The summed E-state index contributed by atoms with van der Waals surface area (Å²) in [4.78, 5) is 13.0. The van der Waals surface area contributed by atoms with Gasteiger partial charge in [-0.25, -0.2) is 0 Å². The normalized spacial score (nSPS) is 17.6. The van der Waals surface area contributed by atoms with Gasteiger partial charge in [-0.3, -0.25) is 15.0 Å². The van der Waals surface area contributed by atoms with Crippen LogP contribution >= 0.6 is 0 Å². The molecule has 0 saturated heterocycles. The molecule has 0 aromatic rings. The minimum absolute atomic E-state index is 0.620. The molecular weight excluding hydrogens is 306 g/mol. The van der Waals surface area contributed by atoms with Crippen LogP contribution < -0.4 is 0 Å². The van der Waals surface area contributed by atoms with Gasteiger partial charge < -0.3 is 0 Å². The molecule has 0 radical (unpaired) electrons. The molecule has 0 amide bonds. The zero-order valence-electron chi connectivity index (χ0n) is 18.2. The Morgan fingerprint density at radius 1 is 0.840 bits per heavy atom. The van der Waals surface area contributed by atoms with E-state index in [9.17, 15) is 0 Å². The van der Waals surface area contributed by atoms with Gasteiger partial charge in [0.2, 0.25) is 0 Å². The molecule has 0 aromatic heterocycles. The molecule has 146 valence electrons. The zero-order chi connectivity index (χ0) is 19.2. The van der Waals surface area contributed by atoms with Crippen LogP contribution in [0.2, 0.25) is 0 Å². The topological polar surface area (TPSA) is 37.1 Å². The number of hydrogen-bond donors (Lipinski definition) is 0. The van der Waals surface area contributed by atoms with Gasteiger partial charge in [0.15, 0.2) is 0 Å². The Morgan fingerprint density at radius 3 is 1.56 bits per heavy atom. The maximum Gasteiger partial charge on any atom is 0.0392 e. The van der Waals surface area contributed by atoms with E-state index >= 15 is 0 Å². The Balaban J connectivity index is 0.000000347. The summed E-state index contributed by atoms with van der Waals surface area (Å²) in [5, 5.41) is 0. The number of nitrogens with zero attached hydrogens (tertiary/aromatic N) is 3. The van der Waals surface area contributed by atoms with Crippen molar-refractivity contribution < 1.29 is 0 Å². The summed E-state index contributed by atoms with van der Waals surface area (Å²) in [6.07, 6.45) is 6.44. The molecule has 0 bridgehead atoms. The molecule has 0 aromatic carbocycles. The van der Waals surface area contributed by atoms with Gasteiger partial charge in [-0.2, -0.15) is 0 Å². The van der Waals surface area contributed by atoms with E-state index in [1.54, 1.807) is 0 Å². The van der Waals surface area contributed by atoms with Gasteiger partial charge in [0.25, 0.3) is 0 Å². The Morgan fingerprint density at radius 2 is 1.32 bits per heavy atom. The molecule has 0 fully saturated rings. The molecule has 0 unspecified atom stereocenters. The fraction of sp³-hybridized carbons (Fsp3) is 0.864. The van der Waals surface area contributed by atoms with Crippen LogP contribution in [-0.4, -0.2) is 36.8 Å². The maximum atomic E-state index is 4.45. The van der Waals surface area contributed by atoms with Gasteiger partial charge in [0.1, 0.15) is 0 Å². The first-order chi connectivity index (χ1) is 11.8. The Hall–Kier alpha value is -0.990. The van der Waals surface area contributed by atoms with E-state index in [4.69, 9.17) is 0 Å². The van der Waals surface area contributed by atoms with Crippen molar-refractivity contribution in [1.82, 2.24) is 0 Å². The standard InChI is InChI=1S/C8H15N.C7H13N.C7H15N/c1-7(2)8-5-3-4-6-9-8;1-6(2)7-4-3-5-8-7;1-5-8-7(4)6(2)3/h7H,3-6H2,1-2H3;6H,3-5H2,1-2H3;6H,5H2,1-4H3. The smallest absolute Gasteiger partial charge is 0.0392 e. The monoisotopic (exact) mass is 349 g/mol. The summed E-state index contributed by atoms with van der Waals surface area (Å²) in [6, 6.07) is 0. The molecule has 3 nitrogen and oxygen atoms in total. The summed E-state index contributed by atoms with van der Waals surface area (Å²) in [6.45, 7) is 20.4. The predicted octanol–water partition coefficient (Wildman–Crippen LogP) is 6.27. The summed E-state index contributed by atoms with van der Waals surface area (Å²) < 4.78 is 0. The molecule has 0 aliphatic carbocycles. The van der Waals surface area contributed by atoms with Gasteiger partial charge >= 0.3 is 0 Å². The van der Waals surface area contributed by atoms with Crippen LogP contribution in [0.15, 0.2) is 15.0 Å². The molecule has 0 saturated carbocycles. The zero-order valence-corrected chi connectivity index (χ0v) is 18.2. The van der Waals surface area contributed by atoms with Gasteiger partial charge in [0, 0.05) is 36.8 Å². The lowest BCUT2D eigenvalue weighted by Gasteiger charge is -2.13. The molecule has 0 spiro atoms. The van der Waals surface area contributed by atoms with Crippen LogP contribution in [-0.2, 0) is 0 Å². The minimum Gasteiger partial charge on any atom is -0.294 e. The van der Waals surface area contributed by atoms with Crippen molar-refractivity contribution in [2.24, 2.45) is 32.7 Å². The summed E-state index contributed by atoms with van der Waals surface area (Å²) in [5.41, 5.74) is 4.11. The second-order valence-corrected chi connectivity index (χ2v) is 7.89. The van der Waals surface area contributed by atoms with Crippen LogP contribution in [0.25, 0.3) is 0 Å². The lowest BCUT2D eigenvalue weighted by molar-refractivity contribution is 0.696. The second kappa shape index (κ2) is 14.2. The fourth-order valence-corrected chi connectivity index (χ4v) is 2.66. The van der Waals surface area contributed by atoms with Crippen molar-refractivity contribution in [2.75, 3.05) is 19.6 Å². The first-order valence-electron chi connectivity index (χ1n) is 10.4. The highest BCUT2D eigenvalue weighted by atomic mass is 14.8. The third-order valence-electron chi connectivity index (χ3n) is 4.64. The van der Waals surface area contributed by atoms with Crippen LogP contribution in [0.3, 0.4) is 0 Å². The Labute approximate surface area is 157 Å². The first-order valence-corrected chi connectivity index (χ1v) is 10.4. The van der Waals surface area contributed by atoms with E-state index in [0.717, 1.165) is 19.6 Å². The summed E-state index contributed by atoms with van der Waals surface area (Å²) in [5.74, 6) is 2.00. The average Bonchev–Trinajstić information content (AvgIpc) is 3.12. The lowest BCUT2D eigenvalue weighted by atomic mass is 10.00. The van der Waals surface area contributed by atoms with E-state index in [0.29, 0.717) is 17.8 Å². The highest BCUT2D eigenvalue weighted by molar-refractivity contribution is 5.87. The Bertz CT molecular complexity index is 429. The lowest BCUT2D eigenvalue weighted by Crippen LogP contribution is -2.12. The third kappa shape index (κ3) is 12.1. The summed E-state index contributed by atoms with van der Waals surface area (Å²) in [7, 11) is 0. The van der Waals surface area contributed by atoms with Gasteiger partial charge in [-0.05, 0) is 63.7 Å². The molecule has 0 N–H and O–H groups in total. The fourth-order valence-electron chi connectivity index (χ4n) is 2.66. The average molecular weight is 350 g/mol. The maximum absolute atomic E-state index is 4.45. The highest BCUT2D eigenvalue weighted by Gasteiger charge is 2.08. The third-order valence-corrected chi connectivity index (χ3v) is 4.64. The molecular formula is C22H43N3. The number of rotatable bonds is 4. The summed E-state index contributed by atoms with van der Waals surface area (Å²) >= 11 is 0. The molecule has 2 aliphatic heterocycles. The number of aliphatic imine (C=N–C) groups is 3. The van der Waals surface area contributed by atoms with Crippen molar-refractivity contribution in [3.05, 3.63) is 0 Å². The SMILES string of the molecule is CC(C)C1=NCCC1.CC(C)C1=NCCCC1.CCN=C(C)C(C)C. The first kappa shape index (κ1) is 24.0. The van der Waals surface area contributed by atoms with Crippen molar-refractivity contribution >= 4 is 17.1 Å². The minimum atomic E-state index is 0.620. The molecule has 0 atom stereocenters. The van der Waals surface area contributed by atoms with Crippen LogP contribution in [0.1, 0.15) is 87.5 Å². The molecule has 2 heterocycles.